The minimum Gasteiger partial charge on any atom is -0.370 e. The van der Waals surface area contributed by atoms with Crippen LogP contribution < -0.4 is 4.90 Å². The van der Waals surface area contributed by atoms with Crippen molar-refractivity contribution in [3.05, 3.63) is 24.3 Å². The first-order valence-electron chi connectivity index (χ1n) is 7.99. The Labute approximate surface area is 138 Å². The van der Waals surface area contributed by atoms with Gasteiger partial charge in [-0.05, 0) is 37.1 Å². The zero-order chi connectivity index (χ0) is 16.9. The lowest BCUT2D eigenvalue weighted by Crippen LogP contribution is -2.41. The van der Waals surface area contributed by atoms with Gasteiger partial charge < -0.3 is 9.64 Å². The van der Waals surface area contributed by atoms with Crippen molar-refractivity contribution in [2.45, 2.75) is 31.6 Å². The Bertz CT molecular complexity index is 622. The van der Waals surface area contributed by atoms with E-state index in [-0.39, 0.29) is 17.4 Å². The lowest BCUT2D eigenvalue weighted by atomic mass is 10.2. The van der Waals surface area contributed by atoms with Gasteiger partial charge in [-0.2, -0.15) is 4.31 Å². The van der Waals surface area contributed by atoms with E-state index in [1.807, 2.05) is 13.8 Å². The van der Waals surface area contributed by atoms with Crippen molar-refractivity contribution in [3.8, 4) is 0 Å². The summed E-state index contributed by atoms with van der Waals surface area (Å²) in [7, 11) is -3.48. The fourth-order valence-corrected chi connectivity index (χ4v) is 4.21. The molecule has 0 radical (unpaired) electrons. The number of anilines is 1. The molecule has 1 fully saturated rings. The van der Waals surface area contributed by atoms with Crippen LogP contribution in [-0.2, 0) is 19.6 Å². The van der Waals surface area contributed by atoms with Crippen molar-refractivity contribution in [2.24, 2.45) is 0 Å². The van der Waals surface area contributed by atoms with Crippen LogP contribution >= 0.6 is 0 Å². The van der Waals surface area contributed by atoms with Crippen LogP contribution in [0.15, 0.2) is 29.2 Å². The number of hydrogen-bond acceptors (Lipinski definition) is 4. The summed E-state index contributed by atoms with van der Waals surface area (Å²) in [5, 5.41) is 0. The van der Waals surface area contributed by atoms with Gasteiger partial charge in [0.2, 0.25) is 10.0 Å². The van der Waals surface area contributed by atoms with E-state index in [9.17, 15) is 13.2 Å². The molecule has 0 saturated carbocycles. The predicted octanol–water partition coefficient (Wildman–Crippen LogP) is 1.86. The van der Waals surface area contributed by atoms with Crippen LogP contribution in [0.25, 0.3) is 0 Å². The molecule has 1 heterocycles. The molecule has 0 unspecified atom stereocenters. The summed E-state index contributed by atoms with van der Waals surface area (Å²) in [6.07, 6.45) is 1.55. The fourth-order valence-electron chi connectivity index (χ4n) is 2.59. The first kappa shape index (κ1) is 17.9. The van der Waals surface area contributed by atoms with Crippen LogP contribution in [0.1, 0.15) is 26.7 Å². The average molecular weight is 340 g/mol. The van der Waals surface area contributed by atoms with E-state index in [4.69, 9.17) is 4.74 Å². The summed E-state index contributed by atoms with van der Waals surface area (Å²) in [4.78, 5) is 13.7. The van der Waals surface area contributed by atoms with Gasteiger partial charge >= 0.3 is 0 Å². The van der Waals surface area contributed by atoms with E-state index < -0.39 is 10.0 Å². The van der Waals surface area contributed by atoms with Crippen molar-refractivity contribution in [1.82, 2.24) is 4.31 Å². The molecule has 1 aliphatic rings. The normalized spacial score (nSPS) is 16.1. The Morgan fingerprint density at radius 2 is 1.74 bits per heavy atom. The van der Waals surface area contributed by atoms with E-state index in [0.29, 0.717) is 31.9 Å². The average Bonchev–Trinajstić information content (AvgIpc) is 2.55. The summed E-state index contributed by atoms with van der Waals surface area (Å²) >= 11 is 0. The topological polar surface area (TPSA) is 66.9 Å². The van der Waals surface area contributed by atoms with E-state index in [1.165, 1.54) is 4.31 Å². The van der Waals surface area contributed by atoms with Gasteiger partial charge in [0.05, 0.1) is 11.5 Å². The van der Waals surface area contributed by atoms with Crippen LogP contribution in [0.4, 0.5) is 5.69 Å². The maximum Gasteiger partial charge on any atom is 0.253 e. The number of carbonyl (C=O) groups excluding carboxylic acids is 1. The molecule has 23 heavy (non-hydrogen) atoms. The molecule has 2 rings (SSSR count). The number of hydrogen-bond donors (Lipinski definition) is 0. The molecule has 1 aliphatic heterocycles. The maximum absolute atomic E-state index is 12.7. The van der Waals surface area contributed by atoms with Gasteiger partial charge in [0.1, 0.15) is 6.61 Å². The molecule has 0 bridgehead atoms. The molecular weight excluding hydrogens is 316 g/mol. The summed E-state index contributed by atoms with van der Waals surface area (Å²) in [5.41, 5.74) is 0.704. The van der Waals surface area contributed by atoms with Gasteiger partial charge in [-0.25, -0.2) is 8.42 Å². The molecule has 7 heteroatoms. The van der Waals surface area contributed by atoms with Crippen molar-refractivity contribution in [2.75, 3.05) is 37.7 Å². The molecule has 1 aromatic carbocycles. The largest absolute Gasteiger partial charge is 0.370 e. The smallest absolute Gasteiger partial charge is 0.253 e. The van der Waals surface area contributed by atoms with E-state index >= 15 is 0 Å². The van der Waals surface area contributed by atoms with Gasteiger partial charge in [0.15, 0.2) is 0 Å². The minimum atomic E-state index is -3.48. The zero-order valence-electron chi connectivity index (χ0n) is 13.7. The molecule has 1 saturated heterocycles. The van der Waals surface area contributed by atoms with Crippen molar-refractivity contribution in [3.63, 3.8) is 0 Å². The summed E-state index contributed by atoms with van der Waals surface area (Å²) < 4.78 is 32.0. The highest BCUT2D eigenvalue weighted by molar-refractivity contribution is 7.89. The number of amides is 1. The molecule has 0 N–H and O–H groups in total. The van der Waals surface area contributed by atoms with E-state index in [1.54, 1.807) is 29.2 Å². The maximum atomic E-state index is 12.7. The highest BCUT2D eigenvalue weighted by atomic mass is 32.2. The molecule has 6 nitrogen and oxygen atoms in total. The molecular formula is C16H24N2O4S. The van der Waals surface area contributed by atoms with E-state index in [2.05, 4.69) is 0 Å². The predicted molar refractivity (Wildman–Crippen MR) is 89.0 cm³/mol. The standard InChI is InChI=1S/C16H24N2O4S/c1-3-9-17(10-4-2)23(20,21)15-7-5-14(6-8-15)18-11-12-22-13-16(18)19/h5-8H,3-4,9-13H2,1-2H3. The number of carbonyl (C=O) groups is 1. The first-order chi connectivity index (χ1) is 11.0. The fraction of sp³-hybridized carbons (Fsp3) is 0.562. The molecule has 0 aromatic heterocycles. The van der Waals surface area contributed by atoms with Gasteiger partial charge in [-0.1, -0.05) is 13.8 Å². The third-order valence-corrected chi connectivity index (χ3v) is 5.63. The SMILES string of the molecule is CCCN(CCC)S(=O)(=O)c1ccc(N2CCOCC2=O)cc1. The first-order valence-corrected chi connectivity index (χ1v) is 9.43. The van der Waals surface area contributed by atoms with Crippen molar-refractivity contribution < 1.29 is 17.9 Å². The Kier molecular flexibility index (Phi) is 6.15. The van der Waals surface area contributed by atoms with Crippen LogP contribution in [0, 0.1) is 0 Å². The number of ether oxygens (including phenoxy) is 1. The van der Waals surface area contributed by atoms with Gasteiger partial charge in [-0.15, -0.1) is 0 Å². The van der Waals surface area contributed by atoms with Gasteiger partial charge in [0, 0.05) is 25.3 Å². The quantitative estimate of drug-likeness (QED) is 0.760. The number of benzene rings is 1. The highest BCUT2D eigenvalue weighted by Gasteiger charge is 2.24. The van der Waals surface area contributed by atoms with Crippen LogP contribution in [0.3, 0.4) is 0 Å². The Balaban J connectivity index is 2.22. The highest BCUT2D eigenvalue weighted by Crippen LogP contribution is 2.22. The lowest BCUT2D eigenvalue weighted by molar-refractivity contribution is -0.125. The molecule has 0 atom stereocenters. The third-order valence-electron chi connectivity index (χ3n) is 3.72. The van der Waals surface area contributed by atoms with E-state index in [0.717, 1.165) is 12.8 Å². The lowest BCUT2D eigenvalue weighted by Gasteiger charge is -2.27. The summed E-state index contributed by atoms with van der Waals surface area (Å²) in [5.74, 6) is -0.106. The molecule has 1 amide bonds. The molecule has 0 aliphatic carbocycles. The number of sulfonamides is 1. The Morgan fingerprint density at radius 1 is 1.13 bits per heavy atom. The van der Waals surface area contributed by atoms with Gasteiger partial charge in [0.25, 0.3) is 5.91 Å². The van der Waals surface area contributed by atoms with Crippen molar-refractivity contribution in [1.29, 1.82) is 0 Å². The summed E-state index contributed by atoms with van der Waals surface area (Å²) in [6, 6.07) is 6.52. The summed E-state index contributed by atoms with van der Waals surface area (Å²) in [6.45, 7) is 6.01. The van der Waals surface area contributed by atoms with Crippen molar-refractivity contribution >= 4 is 21.6 Å². The molecule has 128 valence electrons. The van der Waals surface area contributed by atoms with Crippen LogP contribution in [-0.4, -0.2) is 51.5 Å². The second-order valence-electron chi connectivity index (χ2n) is 5.50. The van der Waals surface area contributed by atoms with Crippen LogP contribution in [0.2, 0.25) is 0 Å². The third kappa shape index (κ3) is 4.10. The second-order valence-corrected chi connectivity index (χ2v) is 7.43. The molecule has 0 spiro atoms. The zero-order valence-corrected chi connectivity index (χ0v) is 14.5. The monoisotopic (exact) mass is 340 g/mol. The number of nitrogens with zero attached hydrogens (tertiary/aromatic N) is 2. The number of morpholine rings is 1. The Morgan fingerprint density at radius 3 is 2.26 bits per heavy atom. The minimum absolute atomic E-state index is 0.0703. The number of rotatable bonds is 7. The van der Waals surface area contributed by atoms with Crippen LogP contribution in [0.5, 0.6) is 0 Å². The Hall–Kier alpha value is -1.44. The molecule has 1 aromatic rings. The van der Waals surface area contributed by atoms with Gasteiger partial charge in [-0.3, -0.25) is 4.79 Å². The second kappa shape index (κ2) is 7.90.